The Morgan fingerprint density at radius 3 is 2.80 bits per heavy atom. The van der Waals surface area contributed by atoms with Gasteiger partial charge in [-0.15, -0.1) is 0 Å². The average Bonchev–Trinajstić information content (AvgIpc) is 3.01. The summed E-state index contributed by atoms with van der Waals surface area (Å²) < 4.78 is 0. The Kier molecular flexibility index (Phi) is 2.75. The quantitative estimate of drug-likeness (QED) is 0.810. The number of rotatable bonds is 4. The van der Waals surface area contributed by atoms with Crippen molar-refractivity contribution in [3.05, 3.63) is 11.9 Å². The Balaban J connectivity index is 2.20. The SMILES string of the molecule is CCc1c(N)ncnc1N(C)CC1CC1. The summed E-state index contributed by atoms with van der Waals surface area (Å²) in [5.41, 5.74) is 6.91. The van der Waals surface area contributed by atoms with Crippen LogP contribution in [0.25, 0.3) is 0 Å². The molecule has 1 aliphatic rings. The van der Waals surface area contributed by atoms with E-state index >= 15 is 0 Å². The van der Waals surface area contributed by atoms with Crippen molar-refractivity contribution in [1.82, 2.24) is 9.97 Å². The first-order chi connectivity index (χ1) is 7.22. The van der Waals surface area contributed by atoms with Gasteiger partial charge in [-0.3, -0.25) is 0 Å². The molecule has 0 amide bonds. The average molecular weight is 206 g/mol. The minimum absolute atomic E-state index is 0.616. The van der Waals surface area contributed by atoms with Crippen LogP contribution in [0.3, 0.4) is 0 Å². The minimum atomic E-state index is 0.616. The smallest absolute Gasteiger partial charge is 0.137 e. The summed E-state index contributed by atoms with van der Waals surface area (Å²) in [7, 11) is 2.08. The molecule has 0 aliphatic heterocycles. The summed E-state index contributed by atoms with van der Waals surface area (Å²) in [4.78, 5) is 10.6. The van der Waals surface area contributed by atoms with E-state index in [0.717, 1.165) is 30.3 Å². The van der Waals surface area contributed by atoms with Gasteiger partial charge in [-0.25, -0.2) is 9.97 Å². The van der Waals surface area contributed by atoms with Gasteiger partial charge >= 0.3 is 0 Å². The maximum Gasteiger partial charge on any atom is 0.137 e. The number of aromatic nitrogens is 2. The first kappa shape index (κ1) is 10.2. The zero-order valence-electron chi connectivity index (χ0n) is 9.40. The number of hydrogen-bond acceptors (Lipinski definition) is 4. The summed E-state index contributed by atoms with van der Waals surface area (Å²) in [5.74, 6) is 2.47. The highest BCUT2D eigenvalue weighted by atomic mass is 15.2. The second-order valence-electron chi connectivity index (χ2n) is 4.24. The molecule has 1 fully saturated rings. The zero-order chi connectivity index (χ0) is 10.8. The monoisotopic (exact) mass is 206 g/mol. The van der Waals surface area contributed by atoms with Crippen LogP contribution in [0.4, 0.5) is 11.6 Å². The highest BCUT2D eigenvalue weighted by Gasteiger charge is 2.24. The van der Waals surface area contributed by atoms with E-state index in [-0.39, 0.29) is 0 Å². The molecule has 4 nitrogen and oxygen atoms in total. The van der Waals surface area contributed by atoms with E-state index in [1.807, 2.05) is 0 Å². The Labute approximate surface area is 90.5 Å². The van der Waals surface area contributed by atoms with E-state index in [0.29, 0.717) is 5.82 Å². The lowest BCUT2D eigenvalue weighted by Crippen LogP contribution is -2.23. The normalized spacial score (nSPS) is 15.3. The molecule has 0 bridgehead atoms. The lowest BCUT2D eigenvalue weighted by molar-refractivity contribution is 0.769. The van der Waals surface area contributed by atoms with Gasteiger partial charge in [0.2, 0.25) is 0 Å². The predicted molar refractivity (Wildman–Crippen MR) is 61.8 cm³/mol. The van der Waals surface area contributed by atoms with Gasteiger partial charge in [-0.1, -0.05) is 6.92 Å². The van der Waals surface area contributed by atoms with E-state index in [9.17, 15) is 0 Å². The minimum Gasteiger partial charge on any atom is -0.383 e. The third kappa shape index (κ3) is 2.19. The highest BCUT2D eigenvalue weighted by molar-refractivity contribution is 5.56. The summed E-state index contributed by atoms with van der Waals surface area (Å²) in [6.07, 6.45) is 5.14. The van der Waals surface area contributed by atoms with E-state index in [1.165, 1.54) is 12.8 Å². The van der Waals surface area contributed by atoms with Gasteiger partial charge in [0.15, 0.2) is 0 Å². The van der Waals surface area contributed by atoms with Gasteiger partial charge in [-0.2, -0.15) is 0 Å². The molecule has 0 unspecified atom stereocenters. The number of anilines is 2. The lowest BCUT2D eigenvalue weighted by Gasteiger charge is -2.20. The van der Waals surface area contributed by atoms with Gasteiger partial charge in [0.25, 0.3) is 0 Å². The molecular weight excluding hydrogens is 188 g/mol. The van der Waals surface area contributed by atoms with Crippen LogP contribution >= 0.6 is 0 Å². The molecule has 15 heavy (non-hydrogen) atoms. The molecular formula is C11H18N4. The van der Waals surface area contributed by atoms with Gasteiger partial charge in [-0.05, 0) is 25.2 Å². The van der Waals surface area contributed by atoms with Crippen molar-refractivity contribution in [3.63, 3.8) is 0 Å². The van der Waals surface area contributed by atoms with Crippen LogP contribution < -0.4 is 10.6 Å². The van der Waals surface area contributed by atoms with E-state index < -0.39 is 0 Å². The molecule has 1 aromatic heterocycles. The Morgan fingerprint density at radius 1 is 1.47 bits per heavy atom. The molecule has 0 aromatic carbocycles. The molecule has 82 valence electrons. The highest BCUT2D eigenvalue weighted by Crippen LogP contribution is 2.31. The summed E-state index contributed by atoms with van der Waals surface area (Å²) >= 11 is 0. The third-order valence-electron chi connectivity index (χ3n) is 2.90. The maximum atomic E-state index is 5.84. The molecule has 2 N–H and O–H groups in total. The fraction of sp³-hybridized carbons (Fsp3) is 0.636. The Morgan fingerprint density at radius 2 is 2.20 bits per heavy atom. The van der Waals surface area contributed by atoms with Crippen LogP contribution in [0.2, 0.25) is 0 Å². The molecule has 0 atom stereocenters. The molecule has 1 aliphatic carbocycles. The Bertz CT molecular complexity index is 346. The van der Waals surface area contributed by atoms with E-state index in [1.54, 1.807) is 6.33 Å². The standard InChI is InChI=1S/C11H18N4/c1-3-9-10(12)13-7-14-11(9)15(2)6-8-4-5-8/h7-8H,3-6H2,1-2H3,(H2,12,13,14). The van der Waals surface area contributed by atoms with Crippen molar-refractivity contribution < 1.29 is 0 Å². The van der Waals surface area contributed by atoms with Gasteiger partial charge in [0.05, 0.1) is 0 Å². The number of nitrogens with zero attached hydrogens (tertiary/aromatic N) is 3. The fourth-order valence-corrected chi connectivity index (χ4v) is 1.86. The molecule has 1 aromatic rings. The largest absolute Gasteiger partial charge is 0.383 e. The van der Waals surface area contributed by atoms with Crippen molar-refractivity contribution in [2.45, 2.75) is 26.2 Å². The summed E-state index contributed by atoms with van der Waals surface area (Å²) in [6, 6.07) is 0. The molecule has 1 saturated carbocycles. The second kappa shape index (κ2) is 4.04. The van der Waals surface area contributed by atoms with Crippen LogP contribution in [0.5, 0.6) is 0 Å². The predicted octanol–water partition coefficient (Wildman–Crippen LogP) is 1.47. The van der Waals surface area contributed by atoms with Crippen LogP contribution in [0.1, 0.15) is 25.3 Å². The van der Waals surface area contributed by atoms with Gasteiger partial charge < -0.3 is 10.6 Å². The summed E-state index contributed by atoms with van der Waals surface area (Å²) in [5, 5.41) is 0. The maximum absolute atomic E-state index is 5.84. The first-order valence-corrected chi connectivity index (χ1v) is 5.52. The molecule has 1 heterocycles. The van der Waals surface area contributed by atoms with Crippen LogP contribution in [-0.4, -0.2) is 23.6 Å². The molecule has 0 spiro atoms. The van der Waals surface area contributed by atoms with Crippen molar-refractivity contribution in [1.29, 1.82) is 0 Å². The molecule has 0 saturated heterocycles. The number of nitrogen functional groups attached to an aromatic ring is 1. The third-order valence-corrected chi connectivity index (χ3v) is 2.90. The first-order valence-electron chi connectivity index (χ1n) is 5.52. The van der Waals surface area contributed by atoms with Crippen LogP contribution in [0, 0.1) is 5.92 Å². The summed E-state index contributed by atoms with van der Waals surface area (Å²) in [6.45, 7) is 3.17. The molecule has 4 heteroatoms. The fourth-order valence-electron chi connectivity index (χ4n) is 1.86. The van der Waals surface area contributed by atoms with Crippen molar-refractivity contribution in [3.8, 4) is 0 Å². The van der Waals surface area contributed by atoms with Crippen molar-refractivity contribution in [2.24, 2.45) is 5.92 Å². The van der Waals surface area contributed by atoms with E-state index in [4.69, 9.17) is 5.73 Å². The number of hydrogen-bond donors (Lipinski definition) is 1. The van der Waals surface area contributed by atoms with Crippen molar-refractivity contribution in [2.75, 3.05) is 24.2 Å². The zero-order valence-corrected chi connectivity index (χ0v) is 9.40. The van der Waals surface area contributed by atoms with Gasteiger partial charge in [0, 0.05) is 19.2 Å². The van der Waals surface area contributed by atoms with Crippen LogP contribution in [0.15, 0.2) is 6.33 Å². The number of nitrogens with two attached hydrogens (primary N) is 1. The molecule has 0 radical (unpaired) electrons. The van der Waals surface area contributed by atoms with Crippen LogP contribution in [-0.2, 0) is 6.42 Å². The van der Waals surface area contributed by atoms with E-state index in [2.05, 4.69) is 28.8 Å². The van der Waals surface area contributed by atoms with Crippen molar-refractivity contribution >= 4 is 11.6 Å². The van der Waals surface area contributed by atoms with Gasteiger partial charge in [0.1, 0.15) is 18.0 Å². The molecule has 2 rings (SSSR count). The lowest BCUT2D eigenvalue weighted by atomic mass is 10.2. The topological polar surface area (TPSA) is 55.0 Å². The Hall–Kier alpha value is -1.32. The second-order valence-corrected chi connectivity index (χ2v) is 4.24.